The molecule has 2 heterocycles. The van der Waals surface area contributed by atoms with E-state index < -0.39 is 0 Å². The highest BCUT2D eigenvalue weighted by molar-refractivity contribution is 7.14. The van der Waals surface area contributed by atoms with Crippen LogP contribution in [0.25, 0.3) is 11.3 Å². The fourth-order valence-electron chi connectivity index (χ4n) is 2.29. The Morgan fingerprint density at radius 1 is 1.39 bits per heavy atom. The van der Waals surface area contributed by atoms with E-state index >= 15 is 0 Å². The first-order valence-electron chi connectivity index (χ1n) is 7.28. The lowest BCUT2D eigenvalue weighted by molar-refractivity contribution is -0.120. The molecule has 1 aliphatic rings. The molecule has 1 aromatic heterocycles. The average Bonchev–Trinajstić information content (AvgIpc) is 2.99. The number of carbonyl (C=O) groups excluding carboxylic acids is 1. The van der Waals surface area contributed by atoms with E-state index in [9.17, 15) is 4.79 Å². The van der Waals surface area contributed by atoms with Gasteiger partial charge in [-0.1, -0.05) is 12.1 Å². The molecular weight excluding hydrogens is 334 g/mol. The number of rotatable bonds is 3. The second-order valence-electron chi connectivity index (χ2n) is 5.41. The molecule has 1 aromatic carbocycles. The molecule has 0 bridgehead atoms. The Hall–Kier alpha value is -1.47. The molecule has 0 aliphatic carbocycles. The van der Waals surface area contributed by atoms with Gasteiger partial charge in [-0.15, -0.1) is 23.7 Å². The molecule has 1 aliphatic heterocycles. The van der Waals surface area contributed by atoms with Crippen LogP contribution in [-0.4, -0.2) is 36.7 Å². The first-order valence-corrected chi connectivity index (χ1v) is 8.16. The van der Waals surface area contributed by atoms with Crippen LogP contribution in [0.5, 0.6) is 0 Å². The van der Waals surface area contributed by atoms with E-state index in [-0.39, 0.29) is 24.4 Å². The number of anilines is 1. The predicted molar refractivity (Wildman–Crippen MR) is 95.5 cm³/mol. The number of aryl methyl sites for hydroxylation is 2. The van der Waals surface area contributed by atoms with Crippen molar-refractivity contribution in [2.75, 3.05) is 25.1 Å². The first kappa shape index (κ1) is 17.9. The zero-order valence-electron chi connectivity index (χ0n) is 13.1. The Morgan fingerprint density at radius 2 is 2.22 bits per heavy atom. The van der Waals surface area contributed by atoms with Gasteiger partial charge >= 0.3 is 0 Å². The zero-order chi connectivity index (χ0) is 15.5. The van der Waals surface area contributed by atoms with Gasteiger partial charge in [0, 0.05) is 17.5 Å². The van der Waals surface area contributed by atoms with Gasteiger partial charge in [0.05, 0.1) is 18.9 Å². The number of carbonyl (C=O) groups is 1. The summed E-state index contributed by atoms with van der Waals surface area (Å²) in [5, 5.41) is 8.56. The zero-order valence-corrected chi connectivity index (χ0v) is 14.7. The first-order chi connectivity index (χ1) is 10.6. The quantitative estimate of drug-likeness (QED) is 0.890. The van der Waals surface area contributed by atoms with Crippen LogP contribution >= 0.6 is 23.7 Å². The molecule has 124 valence electrons. The summed E-state index contributed by atoms with van der Waals surface area (Å²) in [5.74, 6) is -0.0966. The minimum atomic E-state index is -0.303. The highest BCUT2D eigenvalue weighted by Crippen LogP contribution is 2.26. The van der Waals surface area contributed by atoms with Gasteiger partial charge in [0.1, 0.15) is 6.04 Å². The molecule has 7 heteroatoms. The highest BCUT2D eigenvalue weighted by Gasteiger charge is 2.22. The minimum Gasteiger partial charge on any atom is -0.378 e. The summed E-state index contributed by atoms with van der Waals surface area (Å²) < 4.78 is 5.30. The average molecular weight is 354 g/mol. The van der Waals surface area contributed by atoms with Gasteiger partial charge in [0.25, 0.3) is 0 Å². The van der Waals surface area contributed by atoms with E-state index in [1.54, 1.807) is 0 Å². The molecule has 2 aromatic rings. The summed E-state index contributed by atoms with van der Waals surface area (Å²) in [4.78, 5) is 16.6. The number of benzene rings is 1. The summed E-state index contributed by atoms with van der Waals surface area (Å²) in [6, 6.07) is 5.96. The number of morpholine rings is 1. The second kappa shape index (κ2) is 7.88. The van der Waals surface area contributed by atoms with Crippen molar-refractivity contribution in [2.24, 2.45) is 0 Å². The Morgan fingerprint density at radius 3 is 2.91 bits per heavy atom. The Balaban J connectivity index is 0.00000192. The molecule has 0 spiro atoms. The fraction of sp³-hybridized carbons (Fsp3) is 0.375. The van der Waals surface area contributed by atoms with Crippen LogP contribution in [0.2, 0.25) is 0 Å². The van der Waals surface area contributed by atoms with Crippen molar-refractivity contribution in [2.45, 2.75) is 19.9 Å². The normalized spacial score (nSPS) is 17.4. The number of nitrogens with zero attached hydrogens (tertiary/aromatic N) is 1. The van der Waals surface area contributed by atoms with Crippen molar-refractivity contribution in [3.05, 3.63) is 34.7 Å². The SMILES string of the molecule is Cc1ccc(-c2csc(NC(=O)C3COCCN3)n2)cc1C.Cl. The van der Waals surface area contributed by atoms with Gasteiger partial charge in [-0.25, -0.2) is 4.98 Å². The lowest BCUT2D eigenvalue weighted by atomic mass is 10.1. The van der Waals surface area contributed by atoms with Crippen molar-refractivity contribution < 1.29 is 9.53 Å². The van der Waals surface area contributed by atoms with Crippen LogP contribution in [0.4, 0.5) is 5.13 Å². The van der Waals surface area contributed by atoms with E-state index in [1.165, 1.54) is 22.5 Å². The summed E-state index contributed by atoms with van der Waals surface area (Å²) in [6.45, 7) is 5.93. The number of nitrogens with one attached hydrogen (secondary N) is 2. The lowest BCUT2D eigenvalue weighted by Crippen LogP contribution is -2.48. The van der Waals surface area contributed by atoms with E-state index in [2.05, 4.69) is 47.7 Å². The third kappa shape index (κ3) is 4.29. The van der Waals surface area contributed by atoms with Crippen LogP contribution in [-0.2, 0) is 9.53 Å². The number of hydrogen-bond donors (Lipinski definition) is 2. The van der Waals surface area contributed by atoms with Crippen LogP contribution in [0, 0.1) is 13.8 Å². The number of hydrogen-bond acceptors (Lipinski definition) is 5. The van der Waals surface area contributed by atoms with Gasteiger partial charge in [0.2, 0.25) is 5.91 Å². The maximum atomic E-state index is 12.1. The monoisotopic (exact) mass is 353 g/mol. The molecule has 3 rings (SSSR count). The van der Waals surface area contributed by atoms with Gasteiger partial charge in [-0.2, -0.15) is 0 Å². The maximum Gasteiger partial charge on any atom is 0.245 e. The van der Waals surface area contributed by atoms with Crippen LogP contribution in [0.3, 0.4) is 0 Å². The number of amides is 1. The van der Waals surface area contributed by atoms with E-state index in [1.807, 2.05) is 5.38 Å². The predicted octanol–water partition coefficient (Wildman–Crippen LogP) is 2.78. The largest absolute Gasteiger partial charge is 0.378 e. The minimum absolute atomic E-state index is 0. The molecule has 0 radical (unpaired) electrons. The van der Waals surface area contributed by atoms with Gasteiger partial charge in [-0.3, -0.25) is 4.79 Å². The van der Waals surface area contributed by atoms with E-state index in [4.69, 9.17) is 4.74 Å². The van der Waals surface area contributed by atoms with Crippen molar-refractivity contribution in [3.8, 4) is 11.3 Å². The lowest BCUT2D eigenvalue weighted by Gasteiger charge is -2.22. The summed E-state index contributed by atoms with van der Waals surface area (Å²) >= 11 is 1.44. The number of ether oxygens (including phenoxy) is 1. The highest BCUT2D eigenvalue weighted by atomic mass is 35.5. The van der Waals surface area contributed by atoms with Gasteiger partial charge < -0.3 is 15.4 Å². The smallest absolute Gasteiger partial charge is 0.245 e. The molecule has 1 saturated heterocycles. The number of aromatic nitrogens is 1. The Labute approximate surface area is 145 Å². The molecule has 1 amide bonds. The van der Waals surface area contributed by atoms with Gasteiger partial charge in [0.15, 0.2) is 5.13 Å². The molecule has 1 fully saturated rings. The Bertz CT molecular complexity index is 684. The molecule has 1 unspecified atom stereocenters. The number of thiazole rings is 1. The molecular formula is C16H20ClN3O2S. The van der Waals surface area contributed by atoms with Crippen LogP contribution in [0.1, 0.15) is 11.1 Å². The van der Waals surface area contributed by atoms with E-state index in [0.717, 1.165) is 11.3 Å². The summed E-state index contributed by atoms with van der Waals surface area (Å²) in [5.41, 5.74) is 4.45. The standard InChI is InChI=1S/C16H19N3O2S.ClH/c1-10-3-4-12(7-11(10)2)14-9-22-16(18-14)19-15(20)13-8-21-6-5-17-13;/h3-4,7,9,13,17H,5-6,8H2,1-2H3,(H,18,19,20);1H. The van der Waals surface area contributed by atoms with Crippen molar-refractivity contribution in [3.63, 3.8) is 0 Å². The van der Waals surface area contributed by atoms with Crippen LogP contribution in [0.15, 0.2) is 23.6 Å². The Kier molecular flexibility index (Phi) is 6.12. The third-order valence-corrected chi connectivity index (χ3v) is 4.53. The second-order valence-corrected chi connectivity index (χ2v) is 6.27. The van der Waals surface area contributed by atoms with E-state index in [0.29, 0.717) is 24.9 Å². The van der Waals surface area contributed by atoms with Crippen molar-refractivity contribution in [1.29, 1.82) is 0 Å². The summed E-state index contributed by atoms with van der Waals surface area (Å²) in [6.07, 6.45) is 0. The molecule has 2 N–H and O–H groups in total. The molecule has 0 saturated carbocycles. The van der Waals surface area contributed by atoms with Crippen molar-refractivity contribution in [1.82, 2.24) is 10.3 Å². The molecule has 1 atom stereocenters. The maximum absolute atomic E-state index is 12.1. The third-order valence-electron chi connectivity index (χ3n) is 3.78. The van der Waals surface area contributed by atoms with Crippen molar-refractivity contribution >= 4 is 34.8 Å². The molecule has 5 nitrogen and oxygen atoms in total. The summed E-state index contributed by atoms with van der Waals surface area (Å²) in [7, 11) is 0. The topological polar surface area (TPSA) is 63.2 Å². The molecule has 23 heavy (non-hydrogen) atoms. The number of halogens is 1. The van der Waals surface area contributed by atoms with Gasteiger partial charge in [-0.05, 0) is 31.0 Å². The van der Waals surface area contributed by atoms with Crippen LogP contribution < -0.4 is 10.6 Å². The fourth-order valence-corrected chi connectivity index (χ4v) is 3.01.